The van der Waals surface area contributed by atoms with Crippen LogP contribution in [-0.2, 0) is 19.4 Å². The van der Waals surface area contributed by atoms with E-state index in [1.54, 1.807) is 24.3 Å². The fourth-order valence-electron chi connectivity index (χ4n) is 3.38. The van der Waals surface area contributed by atoms with Gasteiger partial charge in [-0.15, -0.1) is 11.3 Å². The van der Waals surface area contributed by atoms with Crippen molar-refractivity contribution in [1.29, 1.82) is 0 Å². The zero-order valence-electron chi connectivity index (χ0n) is 16.4. The highest BCUT2D eigenvalue weighted by molar-refractivity contribution is 7.90. The smallest absolute Gasteiger partial charge is 0.233 e. The second-order valence-corrected chi connectivity index (χ2v) is 10.6. The number of carbonyl (C=O) groups is 1. The number of rotatable bonds is 6. The van der Waals surface area contributed by atoms with Crippen molar-refractivity contribution in [3.63, 3.8) is 0 Å². The number of sulfone groups is 1. The molecular formula is C20H26N2O4S2. The number of nitrogens with one attached hydrogen (secondary N) is 1. The third-order valence-corrected chi connectivity index (χ3v) is 7.31. The first-order valence-electron chi connectivity index (χ1n) is 9.36. The van der Waals surface area contributed by atoms with E-state index in [-0.39, 0.29) is 16.7 Å². The molecule has 1 fully saturated rings. The summed E-state index contributed by atoms with van der Waals surface area (Å²) in [6.45, 7) is 5.34. The number of thiazole rings is 1. The quantitative estimate of drug-likeness (QED) is 0.767. The van der Waals surface area contributed by atoms with Gasteiger partial charge in [0.2, 0.25) is 5.91 Å². The normalized spacial score (nSPS) is 16.7. The maximum Gasteiger partial charge on any atom is 0.233 e. The number of aromatic nitrogens is 1. The summed E-state index contributed by atoms with van der Waals surface area (Å²) in [5.41, 5.74) is 1.74. The van der Waals surface area contributed by atoms with E-state index in [1.165, 1.54) is 17.6 Å². The Balaban J connectivity index is 1.84. The van der Waals surface area contributed by atoms with Crippen LogP contribution in [0.2, 0.25) is 0 Å². The number of hydrogen-bond donors (Lipinski definition) is 1. The van der Waals surface area contributed by atoms with Gasteiger partial charge in [0.1, 0.15) is 0 Å². The van der Waals surface area contributed by atoms with Crippen molar-refractivity contribution in [3.05, 3.63) is 40.4 Å². The fraction of sp³-hybridized carbons (Fsp3) is 0.500. The van der Waals surface area contributed by atoms with Crippen molar-refractivity contribution in [1.82, 2.24) is 4.98 Å². The average molecular weight is 423 g/mol. The summed E-state index contributed by atoms with van der Waals surface area (Å²) in [5, 5.41) is 3.56. The third-order valence-electron chi connectivity index (χ3n) is 5.20. The van der Waals surface area contributed by atoms with Gasteiger partial charge in [-0.2, -0.15) is 0 Å². The van der Waals surface area contributed by atoms with E-state index in [9.17, 15) is 13.2 Å². The molecule has 1 N–H and O–H groups in total. The Morgan fingerprint density at radius 3 is 2.43 bits per heavy atom. The second-order valence-electron chi connectivity index (χ2n) is 7.34. The minimum Gasteiger partial charge on any atom is -0.381 e. The number of hydrogen-bond acceptors (Lipinski definition) is 6. The van der Waals surface area contributed by atoms with E-state index in [4.69, 9.17) is 4.74 Å². The summed E-state index contributed by atoms with van der Waals surface area (Å²) in [6.07, 6.45) is 3.75. The zero-order chi connectivity index (χ0) is 20.3. The monoisotopic (exact) mass is 422 g/mol. The van der Waals surface area contributed by atoms with Crippen LogP contribution < -0.4 is 5.32 Å². The van der Waals surface area contributed by atoms with Gasteiger partial charge in [-0.05, 0) is 56.7 Å². The van der Waals surface area contributed by atoms with Crippen LogP contribution >= 0.6 is 11.3 Å². The summed E-state index contributed by atoms with van der Waals surface area (Å²) in [4.78, 5) is 18.8. The highest BCUT2D eigenvalue weighted by Gasteiger charge is 2.27. The van der Waals surface area contributed by atoms with Gasteiger partial charge in [-0.25, -0.2) is 13.4 Å². The van der Waals surface area contributed by atoms with Crippen molar-refractivity contribution >= 4 is 32.2 Å². The number of ether oxygens (including phenoxy) is 1. The summed E-state index contributed by atoms with van der Waals surface area (Å²) in [7, 11) is -3.27. The van der Waals surface area contributed by atoms with Crippen LogP contribution in [0.3, 0.4) is 0 Å². The standard InChI is InChI=1S/C20H26N2O4S2/c1-13-14(2)27-20(21-13)22-19(23)18(12-15-8-10-26-11-9-15)16-4-6-17(7-5-16)28(3,24)25/h4-7,15,18H,8-12H2,1-3H3,(H,21,22,23). The lowest BCUT2D eigenvalue weighted by molar-refractivity contribution is -0.118. The molecule has 0 radical (unpaired) electrons. The first-order chi connectivity index (χ1) is 13.2. The molecule has 0 spiro atoms. The van der Waals surface area contributed by atoms with E-state index >= 15 is 0 Å². The topological polar surface area (TPSA) is 85.4 Å². The van der Waals surface area contributed by atoms with Gasteiger partial charge in [0.05, 0.1) is 16.5 Å². The van der Waals surface area contributed by atoms with E-state index in [0.29, 0.717) is 17.5 Å². The van der Waals surface area contributed by atoms with E-state index < -0.39 is 9.84 Å². The highest BCUT2D eigenvalue weighted by atomic mass is 32.2. The van der Waals surface area contributed by atoms with Crippen LogP contribution in [0.5, 0.6) is 0 Å². The molecule has 0 saturated carbocycles. The van der Waals surface area contributed by atoms with Crippen molar-refractivity contribution in [2.24, 2.45) is 5.92 Å². The Morgan fingerprint density at radius 1 is 1.25 bits per heavy atom. The molecule has 1 amide bonds. The van der Waals surface area contributed by atoms with Crippen LogP contribution in [0.1, 0.15) is 41.3 Å². The highest BCUT2D eigenvalue weighted by Crippen LogP contribution is 2.32. The van der Waals surface area contributed by atoms with Gasteiger partial charge in [0.15, 0.2) is 15.0 Å². The van der Waals surface area contributed by atoms with E-state index in [2.05, 4.69) is 10.3 Å². The molecule has 6 nitrogen and oxygen atoms in total. The van der Waals surface area contributed by atoms with Crippen LogP contribution in [-0.4, -0.2) is 38.8 Å². The number of carbonyl (C=O) groups excluding carboxylic acids is 1. The SMILES string of the molecule is Cc1nc(NC(=O)C(CC2CCOCC2)c2ccc(S(C)(=O)=O)cc2)sc1C. The first-order valence-corrected chi connectivity index (χ1v) is 12.1. The molecule has 8 heteroatoms. The molecule has 0 aliphatic carbocycles. The van der Waals surface area contributed by atoms with Gasteiger partial charge >= 0.3 is 0 Å². The molecule has 1 unspecified atom stereocenters. The summed E-state index contributed by atoms with van der Waals surface area (Å²) in [5.74, 6) is -0.0626. The Kier molecular flexibility index (Phi) is 6.52. The first kappa shape index (κ1) is 21.0. The second kappa shape index (κ2) is 8.71. The van der Waals surface area contributed by atoms with Crippen molar-refractivity contribution in [3.8, 4) is 0 Å². The van der Waals surface area contributed by atoms with Gasteiger partial charge in [-0.3, -0.25) is 4.79 Å². The predicted molar refractivity (Wildman–Crippen MR) is 111 cm³/mol. The Bertz CT molecular complexity index is 910. The number of nitrogens with zero attached hydrogens (tertiary/aromatic N) is 1. The van der Waals surface area contributed by atoms with Crippen LogP contribution in [0.25, 0.3) is 0 Å². The van der Waals surface area contributed by atoms with E-state index in [1.807, 2.05) is 13.8 Å². The molecule has 1 aliphatic heterocycles. The van der Waals surface area contributed by atoms with E-state index in [0.717, 1.165) is 42.2 Å². The zero-order valence-corrected chi connectivity index (χ0v) is 18.0. The predicted octanol–water partition coefficient (Wildman–Crippen LogP) is 3.70. The number of amides is 1. The minimum absolute atomic E-state index is 0.104. The van der Waals surface area contributed by atoms with Crippen molar-refractivity contribution in [2.45, 2.75) is 43.9 Å². The summed E-state index contributed by atoms with van der Waals surface area (Å²) < 4.78 is 28.9. The van der Waals surface area contributed by atoms with Gasteiger partial charge in [-0.1, -0.05) is 12.1 Å². The van der Waals surface area contributed by atoms with Crippen LogP contribution in [0.4, 0.5) is 5.13 Å². The molecule has 28 heavy (non-hydrogen) atoms. The van der Waals surface area contributed by atoms with Crippen molar-refractivity contribution < 1.29 is 17.9 Å². The van der Waals surface area contributed by atoms with Gasteiger partial charge in [0, 0.05) is 24.3 Å². The number of benzene rings is 1. The van der Waals surface area contributed by atoms with Gasteiger partial charge in [0.25, 0.3) is 0 Å². The Labute approximate surface area is 170 Å². The maximum absolute atomic E-state index is 13.1. The molecule has 1 aromatic carbocycles. The fourth-order valence-corrected chi connectivity index (χ4v) is 4.82. The average Bonchev–Trinajstić information content (AvgIpc) is 2.97. The minimum atomic E-state index is -3.27. The molecule has 1 atom stereocenters. The molecule has 1 aliphatic rings. The lowest BCUT2D eigenvalue weighted by atomic mass is 9.84. The maximum atomic E-state index is 13.1. The Hall–Kier alpha value is -1.77. The largest absolute Gasteiger partial charge is 0.381 e. The molecule has 0 bridgehead atoms. The molecular weight excluding hydrogens is 396 g/mol. The molecule has 1 saturated heterocycles. The molecule has 2 heterocycles. The molecule has 152 valence electrons. The lowest BCUT2D eigenvalue weighted by Gasteiger charge is -2.26. The molecule has 1 aromatic heterocycles. The van der Waals surface area contributed by atoms with Crippen LogP contribution in [0.15, 0.2) is 29.2 Å². The number of aryl methyl sites for hydroxylation is 2. The molecule has 3 rings (SSSR count). The Morgan fingerprint density at radius 2 is 1.89 bits per heavy atom. The molecule has 2 aromatic rings. The van der Waals surface area contributed by atoms with Gasteiger partial charge < -0.3 is 10.1 Å². The number of anilines is 1. The van der Waals surface area contributed by atoms with Crippen molar-refractivity contribution in [2.75, 3.05) is 24.8 Å². The summed E-state index contributed by atoms with van der Waals surface area (Å²) >= 11 is 1.46. The lowest BCUT2D eigenvalue weighted by Crippen LogP contribution is -2.26. The van der Waals surface area contributed by atoms with Crippen LogP contribution in [0, 0.1) is 19.8 Å². The third kappa shape index (κ3) is 5.18. The summed E-state index contributed by atoms with van der Waals surface area (Å²) in [6, 6.07) is 6.65.